The highest BCUT2D eigenvalue weighted by Gasteiger charge is 2.06. The maximum absolute atomic E-state index is 3.60. The van der Waals surface area contributed by atoms with E-state index >= 15 is 0 Å². The number of hydrogen-bond acceptors (Lipinski definition) is 1. The van der Waals surface area contributed by atoms with Crippen LogP contribution in [0.4, 0.5) is 5.69 Å². The van der Waals surface area contributed by atoms with Crippen molar-refractivity contribution in [2.24, 2.45) is 0 Å². The molecule has 0 saturated carbocycles. The van der Waals surface area contributed by atoms with E-state index in [4.69, 9.17) is 0 Å². The smallest absolute Gasteiger partial charge is 0.0374 e. The lowest BCUT2D eigenvalue weighted by Crippen LogP contribution is -2.18. The van der Waals surface area contributed by atoms with Crippen LogP contribution in [-0.2, 0) is 6.42 Å². The molecule has 1 N–H and O–H groups in total. The molecule has 0 spiro atoms. The minimum Gasteiger partial charge on any atom is -0.382 e. The molecular formula is C17H20BrN. The van der Waals surface area contributed by atoms with Crippen molar-refractivity contribution in [3.8, 4) is 0 Å². The summed E-state index contributed by atoms with van der Waals surface area (Å²) in [6.07, 6.45) is 1.03. The van der Waals surface area contributed by atoms with Crippen molar-refractivity contribution in [2.75, 3.05) is 5.32 Å². The Morgan fingerprint density at radius 2 is 1.74 bits per heavy atom. The average Bonchev–Trinajstić information content (AvgIpc) is 2.37. The molecule has 1 nitrogen and oxygen atoms in total. The maximum atomic E-state index is 3.60. The predicted octanol–water partition coefficient (Wildman–Crippen LogP) is 5.11. The maximum Gasteiger partial charge on any atom is 0.0374 e. The third-order valence-electron chi connectivity index (χ3n) is 3.25. The van der Waals surface area contributed by atoms with Gasteiger partial charge in [0.05, 0.1) is 0 Å². The number of anilines is 1. The fourth-order valence-corrected chi connectivity index (χ4v) is 2.45. The van der Waals surface area contributed by atoms with E-state index in [-0.39, 0.29) is 0 Å². The van der Waals surface area contributed by atoms with Crippen molar-refractivity contribution in [2.45, 2.75) is 33.2 Å². The van der Waals surface area contributed by atoms with Gasteiger partial charge in [-0.3, -0.25) is 0 Å². The molecule has 0 heterocycles. The summed E-state index contributed by atoms with van der Waals surface area (Å²) < 4.78 is 1.13. The zero-order valence-corrected chi connectivity index (χ0v) is 13.3. The van der Waals surface area contributed by atoms with Gasteiger partial charge in [0.1, 0.15) is 0 Å². The van der Waals surface area contributed by atoms with Crippen LogP contribution < -0.4 is 5.32 Å². The lowest BCUT2D eigenvalue weighted by atomic mass is 10.1. The van der Waals surface area contributed by atoms with Crippen LogP contribution in [0, 0.1) is 13.8 Å². The summed E-state index contributed by atoms with van der Waals surface area (Å²) >= 11 is 3.47. The molecule has 0 aromatic heterocycles. The normalized spacial score (nSPS) is 12.2. The molecule has 0 radical (unpaired) electrons. The van der Waals surface area contributed by atoms with Gasteiger partial charge in [-0.1, -0.05) is 40.2 Å². The largest absolute Gasteiger partial charge is 0.382 e. The number of halogens is 1. The van der Waals surface area contributed by atoms with E-state index in [9.17, 15) is 0 Å². The molecule has 1 atom stereocenters. The predicted molar refractivity (Wildman–Crippen MR) is 86.8 cm³/mol. The first-order valence-corrected chi connectivity index (χ1v) is 7.42. The van der Waals surface area contributed by atoms with Gasteiger partial charge in [-0.15, -0.1) is 0 Å². The summed E-state index contributed by atoms with van der Waals surface area (Å²) in [5.74, 6) is 0. The number of benzene rings is 2. The molecule has 0 saturated heterocycles. The first kappa shape index (κ1) is 14.1. The Morgan fingerprint density at radius 1 is 1.05 bits per heavy atom. The summed E-state index contributed by atoms with van der Waals surface area (Å²) in [4.78, 5) is 0. The van der Waals surface area contributed by atoms with E-state index in [1.165, 1.54) is 22.4 Å². The molecule has 0 aliphatic rings. The van der Waals surface area contributed by atoms with Gasteiger partial charge in [-0.25, -0.2) is 0 Å². The Labute approximate surface area is 124 Å². The van der Waals surface area contributed by atoms with Crippen LogP contribution in [-0.4, -0.2) is 6.04 Å². The second-order valence-electron chi connectivity index (χ2n) is 5.19. The Balaban J connectivity index is 2.02. The summed E-state index contributed by atoms with van der Waals surface area (Å²) in [5.41, 5.74) is 5.19. The fourth-order valence-electron chi connectivity index (χ4n) is 2.18. The van der Waals surface area contributed by atoms with Gasteiger partial charge >= 0.3 is 0 Å². The fraction of sp³-hybridized carbons (Fsp3) is 0.294. The van der Waals surface area contributed by atoms with Crippen molar-refractivity contribution in [1.82, 2.24) is 0 Å². The van der Waals surface area contributed by atoms with Crippen LogP contribution in [0.25, 0.3) is 0 Å². The van der Waals surface area contributed by atoms with Crippen molar-refractivity contribution < 1.29 is 0 Å². The topological polar surface area (TPSA) is 12.0 Å². The summed E-state index contributed by atoms with van der Waals surface area (Å²) in [6, 6.07) is 15.5. The Kier molecular flexibility index (Phi) is 4.65. The van der Waals surface area contributed by atoms with E-state index in [2.05, 4.69) is 84.5 Å². The SMILES string of the molecule is Cc1ccc(C)c(NC(C)Cc2ccc(Br)cc2)c1. The van der Waals surface area contributed by atoms with Crippen LogP contribution in [0.5, 0.6) is 0 Å². The van der Waals surface area contributed by atoms with Crippen LogP contribution in [0.1, 0.15) is 23.6 Å². The van der Waals surface area contributed by atoms with Gasteiger partial charge < -0.3 is 5.32 Å². The first-order valence-electron chi connectivity index (χ1n) is 6.63. The number of nitrogens with one attached hydrogen (secondary N) is 1. The van der Waals surface area contributed by atoms with Gasteiger partial charge in [-0.2, -0.15) is 0 Å². The van der Waals surface area contributed by atoms with Crippen LogP contribution in [0.2, 0.25) is 0 Å². The second kappa shape index (κ2) is 6.25. The highest BCUT2D eigenvalue weighted by molar-refractivity contribution is 9.10. The molecule has 0 bridgehead atoms. The van der Waals surface area contributed by atoms with Crippen LogP contribution in [0.15, 0.2) is 46.9 Å². The third kappa shape index (κ3) is 4.10. The molecule has 2 rings (SSSR count). The summed E-state index contributed by atoms with van der Waals surface area (Å²) in [5, 5.41) is 3.60. The molecule has 0 aliphatic heterocycles. The summed E-state index contributed by atoms with van der Waals surface area (Å²) in [6.45, 7) is 6.50. The standard InChI is InChI=1S/C17H20BrN/c1-12-4-5-13(2)17(10-12)19-14(3)11-15-6-8-16(18)9-7-15/h4-10,14,19H,11H2,1-3H3. The Morgan fingerprint density at radius 3 is 2.42 bits per heavy atom. The van der Waals surface area contributed by atoms with E-state index in [1.54, 1.807) is 0 Å². The van der Waals surface area contributed by atoms with Gasteiger partial charge in [0.15, 0.2) is 0 Å². The lowest BCUT2D eigenvalue weighted by molar-refractivity contribution is 0.789. The second-order valence-corrected chi connectivity index (χ2v) is 6.11. The number of rotatable bonds is 4. The lowest BCUT2D eigenvalue weighted by Gasteiger charge is -2.17. The molecule has 19 heavy (non-hydrogen) atoms. The molecule has 1 unspecified atom stereocenters. The summed E-state index contributed by atoms with van der Waals surface area (Å²) in [7, 11) is 0. The molecule has 2 heteroatoms. The minimum atomic E-state index is 0.418. The monoisotopic (exact) mass is 317 g/mol. The Hall–Kier alpha value is -1.28. The van der Waals surface area contributed by atoms with Gasteiger partial charge in [0.25, 0.3) is 0 Å². The average molecular weight is 318 g/mol. The molecule has 0 amide bonds. The van der Waals surface area contributed by atoms with E-state index < -0.39 is 0 Å². The van der Waals surface area contributed by atoms with Crippen LogP contribution in [0.3, 0.4) is 0 Å². The van der Waals surface area contributed by atoms with Crippen molar-refractivity contribution >= 4 is 21.6 Å². The van der Waals surface area contributed by atoms with Gasteiger partial charge in [-0.05, 0) is 62.1 Å². The molecule has 100 valence electrons. The minimum absolute atomic E-state index is 0.418. The van der Waals surface area contributed by atoms with Crippen molar-refractivity contribution in [1.29, 1.82) is 0 Å². The molecule has 2 aromatic carbocycles. The first-order chi connectivity index (χ1) is 9.04. The highest BCUT2D eigenvalue weighted by atomic mass is 79.9. The van der Waals surface area contributed by atoms with Crippen molar-refractivity contribution in [3.05, 3.63) is 63.6 Å². The molecular weight excluding hydrogens is 298 g/mol. The zero-order valence-electron chi connectivity index (χ0n) is 11.7. The highest BCUT2D eigenvalue weighted by Crippen LogP contribution is 2.19. The van der Waals surface area contributed by atoms with Crippen molar-refractivity contribution in [3.63, 3.8) is 0 Å². The molecule has 0 aliphatic carbocycles. The zero-order chi connectivity index (χ0) is 13.8. The third-order valence-corrected chi connectivity index (χ3v) is 3.78. The van der Waals surface area contributed by atoms with E-state index in [0.717, 1.165) is 10.9 Å². The number of aryl methyl sites for hydroxylation is 2. The Bertz CT molecular complexity index is 546. The molecule has 0 fully saturated rings. The number of hydrogen-bond donors (Lipinski definition) is 1. The van der Waals surface area contributed by atoms with Gasteiger partial charge in [0.2, 0.25) is 0 Å². The van der Waals surface area contributed by atoms with Gasteiger partial charge in [0, 0.05) is 16.2 Å². The molecule has 2 aromatic rings. The van der Waals surface area contributed by atoms with E-state index in [0.29, 0.717) is 6.04 Å². The van der Waals surface area contributed by atoms with Crippen LogP contribution >= 0.6 is 15.9 Å². The van der Waals surface area contributed by atoms with E-state index in [1.807, 2.05) is 0 Å². The quantitative estimate of drug-likeness (QED) is 0.826.